The summed E-state index contributed by atoms with van der Waals surface area (Å²) in [6.07, 6.45) is 0.910. The van der Waals surface area contributed by atoms with Gasteiger partial charge in [-0.2, -0.15) is 0 Å². The zero-order valence-corrected chi connectivity index (χ0v) is 19.5. The minimum Gasteiger partial charge on any atom is -0.652 e. The number of nitrogen functional groups attached to an aromatic ring is 1. The van der Waals surface area contributed by atoms with Crippen LogP contribution in [-0.2, 0) is 4.74 Å². The molecule has 8 nitrogen and oxygen atoms in total. The fourth-order valence-electron chi connectivity index (χ4n) is 1.65. The molecule has 0 fully saturated rings. The predicted octanol–water partition coefficient (Wildman–Crippen LogP) is -5.76. The van der Waals surface area contributed by atoms with Gasteiger partial charge in [-0.1, -0.05) is 12.1 Å². The number of anilines is 1. The zero-order chi connectivity index (χ0) is 18.3. The molecule has 2 rings (SSSR count). The van der Waals surface area contributed by atoms with Gasteiger partial charge in [0.2, 0.25) is 5.95 Å². The Hall–Kier alpha value is -1.16. The van der Waals surface area contributed by atoms with Gasteiger partial charge < -0.3 is 25.5 Å². The first-order valence-electron chi connectivity index (χ1n) is 6.88. The van der Waals surface area contributed by atoms with E-state index in [1.807, 2.05) is 26.8 Å². The molecular formula is C16H17N3Na2O5. The van der Waals surface area contributed by atoms with Crippen molar-refractivity contribution in [1.29, 1.82) is 0 Å². The second-order valence-electron chi connectivity index (χ2n) is 5.66. The van der Waals surface area contributed by atoms with Gasteiger partial charge in [0.1, 0.15) is 5.60 Å². The van der Waals surface area contributed by atoms with E-state index in [1.54, 1.807) is 30.6 Å². The van der Waals surface area contributed by atoms with Crippen LogP contribution in [0, 0.1) is 0 Å². The molecule has 0 saturated carbocycles. The summed E-state index contributed by atoms with van der Waals surface area (Å²) in [7, 11) is 0. The zero-order valence-electron chi connectivity index (χ0n) is 15.5. The van der Waals surface area contributed by atoms with Crippen LogP contribution in [0.15, 0.2) is 36.7 Å². The number of esters is 1. The number of carbonyl (C=O) groups is 2. The largest absolute Gasteiger partial charge is 1.00 e. The molecule has 0 unspecified atom stereocenters. The molecule has 0 spiro atoms. The molecule has 2 N–H and O–H groups in total. The summed E-state index contributed by atoms with van der Waals surface area (Å²) >= 11 is 0. The van der Waals surface area contributed by atoms with Gasteiger partial charge in [0.15, 0.2) is 0 Å². The van der Waals surface area contributed by atoms with Crippen LogP contribution in [0.2, 0.25) is 0 Å². The quantitative estimate of drug-likeness (QED) is 0.403. The standard InChI is InChI=1S/C15H17N3O2.CH2O3.2Na/c1-15(2,3)20-13(19)11-6-4-5-10(7-11)12-8-17-14(16)18-9-12;2-1(3)4;;/h4-9H,1-3H3,(H2,16,17,18);(H2,2,3,4);;/q;;2*+1/p-2. The smallest absolute Gasteiger partial charge is 0.652 e. The molecule has 0 amide bonds. The van der Waals surface area contributed by atoms with Crippen LogP contribution in [0.5, 0.6) is 0 Å². The minimum atomic E-state index is -2.33. The normalized spacial score (nSPS) is 9.50. The van der Waals surface area contributed by atoms with Crippen molar-refractivity contribution in [3.63, 3.8) is 0 Å². The van der Waals surface area contributed by atoms with E-state index in [9.17, 15) is 4.79 Å². The van der Waals surface area contributed by atoms with Gasteiger partial charge in [-0.15, -0.1) is 0 Å². The Labute approximate surface area is 195 Å². The molecule has 0 radical (unpaired) electrons. The van der Waals surface area contributed by atoms with Crippen molar-refractivity contribution >= 4 is 18.1 Å². The van der Waals surface area contributed by atoms with Gasteiger partial charge in [0, 0.05) is 18.0 Å². The van der Waals surface area contributed by atoms with E-state index in [0.29, 0.717) is 5.56 Å². The number of hydrogen-bond acceptors (Lipinski definition) is 8. The number of nitrogens with two attached hydrogens (primary N) is 1. The maximum atomic E-state index is 12.0. The van der Waals surface area contributed by atoms with Crippen LogP contribution in [0.4, 0.5) is 10.7 Å². The number of ether oxygens (including phenoxy) is 1. The molecule has 26 heavy (non-hydrogen) atoms. The Morgan fingerprint density at radius 2 is 1.54 bits per heavy atom. The van der Waals surface area contributed by atoms with Crippen molar-refractivity contribution in [2.75, 3.05) is 5.73 Å². The van der Waals surface area contributed by atoms with Crippen LogP contribution in [0.1, 0.15) is 31.1 Å². The van der Waals surface area contributed by atoms with Crippen molar-refractivity contribution in [2.45, 2.75) is 26.4 Å². The number of carbonyl (C=O) groups excluding carboxylic acids is 2. The van der Waals surface area contributed by atoms with Gasteiger partial charge in [0.25, 0.3) is 0 Å². The average Bonchev–Trinajstić information content (AvgIpc) is 2.46. The number of aromatic nitrogens is 2. The summed E-state index contributed by atoms with van der Waals surface area (Å²) in [4.78, 5) is 28.2. The van der Waals surface area contributed by atoms with E-state index >= 15 is 0 Å². The second kappa shape index (κ2) is 12.3. The molecular weight excluding hydrogens is 360 g/mol. The number of rotatable bonds is 2. The number of nitrogens with zero attached hydrogens (tertiary/aromatic N) is 2. The van der Waals surface area contributed by atoms with Crippen LogP contribution >= 0.6 is 0 Å². The van der Waals surface area contributed by atoms with E-state index in [0.717, 1.165) is 11.1 Å². The third kappa shape index (κ3) is 10.7. The Morgan fingerprint density at radius 1 is 1.04 bits per heavy atom. The van der Waals surface area contributed by atoms with Crippen LogP contribution in [0.25, 0.3) is 11.1 Å². The van der Waals surface area contributed by atoms with Crippen molar-refractivity contribution in [1.82, 2.24) is 9.97 Å². The molecule has 128 valence electrons. The summed E-state index contributed by atoms with van der Waals surface area (Å²) in [6, 6.07) is 7.15. The monoisotopic (exact) mass is 377 g/mol. The Kier molecular flexibility index (Phi) is 12.8. The van der Waals surface area contributed by atoms with Gasteiger partial charge in [-0.05, 0) is 44.6 Å². The summed E-state index contributed by atoms with van der Waals surface area (Å²) in [5, 5.41) is 16.7. The number of benzene rings is 1. The van der Waals surface area contributed by atoms with E-state index in [1.165, 1.54) is 0 Å². The molecule has 10 heteroatoms. The van der Waals surface area contributed by atoms with Crippen LogP contribution in [-0.4, -0.2) is 27.7 Å². The average molecular weight is 377 g/mol. The van der Waals surface area contributed by atoms with Gasteiger partial charge in [-0.3, -0.25) is 0 Å². The number of hydrogen-bond donors (Lipinski definition) is 1. The van der Waals surface area contributed by atoms with Gasteiger partial charge in [-0.25, -0.2) is 14.8 Å². The van der Waals surface area contributed by atoms with E-state index in [4.69, 9.17) is 25.5 Å². The van der Waals surface area contributed by atoms with Gasteiger partial charge >= 0.3 is 65.1 Å². The molecule has 1 aromatic carbocycles. The van der Waals surface area contributed by atoms with Crippen LogP contribution in [0.3, 0.4) is 0 Å². The minimum absolute atomic E-state index is 0. The molecule has 0 saturated heterocycles. The Balaban J connectivity index is 0. The molecule has 0 aliphatic heterocycles. The van der Waals surface area contributed by atoms with E-state index in [2.05, 4.69) is 9.97 Å². The summed E-state index contributed by atoms with van der Waals surface area (Å²) < 4.78 is 5.34. The van der Waals surface area contributed by atoms with E-state index in [-0.39, 0.29) is 71.0 Å². The van der Waals surface area contributed by atoms with Crippen molar-refractivity contribution in [3.8, 4) is 11.1 Å². The van der Waals surface area contributed by atoms with Crippen molar-refractivity contribution in [3.05, 3.63) is 42.2 Å². The molecule has 0 aliphatic rings. The van der Waals surface area contributed by atoms with E-state index < -0.39 is 11.8 Å². The molecule has 0 atom stereocenters. The first-order valence-corrected chi connectivity index (χ1v) is 6.88. The molecule has 1 aromatic heterocycles. The Bertz CT molecular complexity index is 715. The first-order chi connectivity index (χ1) is 11.1. The topological polar surface area (TPSA) is 141 Å². The van der Waals surface area contributed by atoms with Crippen molar-refractivity contribution < 1.29 is 83.7 Å². The maximum absolute atomic E-state index is 12.0. The SMILES string of the molecule is CC(C)(C)OC(=O)c1cccc(-c2cnc(N)nc2)c1.O=C([O-])[O-].[Na+].[Na+]. The molecule has 2 aromatic rings. The third-order valence-corrected chi connectivity index (χ3v) is 2.50. The third-order valence-electron chi connectivity index (χ3n) is 2.50. The fraction of sp³-hybridized carbons (Fsp3) is 0.250. The fourth-order valence-corrected chi connectivity index (χ4v) is 1.65. The summed E-state index contributed by atoms with van der Waals surface area (Å²) in [5.41, 5.74) is 7.07. The predicted molar refractivity (Wildman–Crippen MR) is 82.4 cm³/mol. The molecule has 0 bridgehead atoms. The van der Waals surface area contributed by atoms with Gasteiger partial charge in [0.05, 0.1) is 5.56 Å². The number of carboxylic acid groups (broad SMARTS) is 2. The maximum Gasteiger partial charge on any atom is 1.00 e. The molecule has 0 aliphatic carbocycles. The van der Waals surface area contributed by atoms with Crippen LogP contribution < -0.4 is 75.1 Å². The second-order valence-corrected chi connectivity index (χ2v) is 5.66. The summed E-state index contributed by atoms with van der Waals surface area (Å²) in [6.45, 7) is 5.51. The molecule has 1 heterocycles. The van der Waals surface area contributed by atoms with Crippen molar-refractivity contribution in [2.24, 2.45) is 0 Å². The first kappa shape index (κ1) is 27.1. The summed E-state index contributed by atoms with van der Waals surface area (Å²) in [5.74, 6) is -0.132. The Morgan fingerprint density at radius 3 is 2.00 bits per heavy atom.